The van der Waals surface area contributed by atoms with Crippen LogP contribution >= 0.6 is 0 Å². The van der Waals surface area contributed by atoms with Gasteiger partial charge in [0.2, 0.25) is 0 Å². The van der Waals surface area contributed by atoms with E-state index in [0.29, 0.717) is 30.4 Å². The van der Waals surface area contributed by atoms with Gasteiger partial charge in [-0.1, -0.05) is 18.2 Å². The minimum atomic E-state index is -0.112. The third-order valence-electron chi connectivity index (χ3n) is 5.91. The van der Waals surface area contributed by atoms with Gasteiger partial charge in [-0.3, -0.25) is 4.79 Å². The van der Waals surface area contributed by atoms with E-state index in [2.05, 4.69) is 15.2 Å². The van der Waals surface area contributed by atoms with Crippen molar-refractivity contribution in [3.63, 3.8) is 0 Å². The molecule has 1 aliphatic rings. The number of hydrogen-bond acceptors (Lipinski definition) is 5. The normalized spacial score (nSPS) is 15.3. The molecule has 1 aliphatic heterocycles. The number of likely N-dealkylation sites (tertiary alicyclic amines) is 1. The van der Waals surface area contributed by atoms with E-state index in [4.69, 9.17) is 9.84 Å². The van der Waals surface area contributed by atoms with Crippen molar-refractivity contribution in [2.45, 2.75) is 26.4 Å². The second kappa shape index (κ2) is 9.94. The summed E-state index contributed by atoms with van der Waals surface area (Å²) in [4.78, 5) is 19.7. The number of para-hydroxylation sites is 1. The number of piperidine rings is 1. The van der Waals surface area contributed by atoms with E-state index < -0.39 is 0 Å². The number of nitrogens with zero attached hydrogens (tertiary/aromatic N) is 3. The summed E-state index contributed by atoms with van der Waals surface area (Å²) in [6, 6.07) is 11.4. The number of hydrogen-bond donors (Lipinski definition) is 2. The first-order valence-electron chi connectivity index (χ1n) is 10.9. The lowest BCUT2D eigenvalue weighted by Gasteiger charge is -2.31. The average Bonchev–Trinajstić information content (AvgIpc) is 3.22. The van der Waals surface area contributed by atoms with Crippen LogP contribution in [0.5, 0.6) is 5.75 Å². The third-order valence-corrected chi connectivity index (χ3v) is 5.91. The van der Waals surface area contributed by atoms with E-state index in [0.717, 1.165) is 49.4 Å². The van der Waals surface area contributed by atoms with Crippen molar-refractivity contribution in [2.24, 2.45) is 5.92 Å². The zero-order chi connectivity index (χ0) is 21.6. The molecule has 3 heterocycles. The van der Waals surface area contributed by atoms with Crippen molar-refractivity contribution in [3.05, 3.63) is 65.6 Å². The maximum absolute atomic E-state index is 12.8. The van der Waals surface area contributed by atoms with E-state index in [1.807, 2.05) is 54.0 Å². The molecule has 0 atom stereocenters. The second-order valence-electron chi connectivity index (χ2n) is 8.16. The van der Waals surface area contributed by atoms with Gasteiger partial charge < -0.3 is 24.5 Å². The van der Waals surface area contributed by atoms with E-state index in [-0.39, 0.29) is 12.5 Å². The lowest BCUT2D eigenvalue weighted by molar-refractivity contribution is 0.0928. The highest BCUT2D eigenvalue weighted by Crippen LogP contribution is 2.21. The van der Waals surface area contributed by atoms with Crippen LogP contribution in [-0.2, 0) is 6.61 Å². The fourth-order valence-electron chi connectivity index (χ4n) is 4.09. The summed E-state index contributed by atoms with van der Waals surface area (Å²) in [5, 5.41) is 12.1. The summed E-state index contributed by atoms with van der Waals surface area (Å²) in [5.74, 6) is 0.916. The van der Waals surface area contributed by atoms with Crippen molar-refractivity contribution in [1.82, 2.24) is 19.6 Å². The second-order valence-corrected chi connectivity index (χ2v) is 8.16. The Labute approximate surface area is 182 Å². The fraction of sp³-hybridized carbons (Fsp3) is 0.417. The smallest absolute Gasteiger partial charge is 0.255 e. The molecule has 31 heavy (non-hydrogen) atoms. The molecule has 1 fully saturated rings. The quantitative estimate of drug-likeness (QED) is 0.584. The number of rotatable bonds is 8. The Bertz CT molecular complexity index is 1020. The molecule has 1 aromatic carbocycles. The number of benzene rings is 1. The molecule has 0 saturated carbocycles. The number of pyridine rings is 1. The molecule has 0 radical (unpaired) electrons. The summed E-state index contributed by atoms with van der Waals surface area (Å²) in [6.45, 7) is 5.87. The Kier molecular flexibility index (Phi) is 6.84. The maximum Gasteiger partial charge on any atom is 0.255 e. The van der Waals surface area contributed by atoms with Gasteiger partial charge in [-0.2, -0.15) is 0 Å². The van der Waals surface area contributed by atoms with Crippen molar-refractivity contribution in [2.75, 3.05) is 32.8 Å². The lowest BCUT2D eigenvalue weighted by Crippen LogP contribution is -2.39. The van der Waals surface area contributed by atoms with Crippen LogP contribution in [-0.4, -0.2) is 58.1 Å². The number of imidazole rings is 1. The van der Waals surface area contributed by atoms with Crippen LogP contribution < -0.4 is 10.1 Å². The molecule has 3 aromatic rings. The number of carbonyl (C=O) groups excluding carboxylic acids is 1. The average molecular weight is 423 g/mol. The number of carbonyl (C=O) groups is 1. The largest absolute Gasteiger partial charge is 0.486 e. The van der Waals surface area contributed by atoms with Crippen molar-refractivity contribution < 1.29 is 14.6 Å². The first-order valence-corrected chi connectivity index (χ1v) is 10.9. The van der Waals surface area contributed by atoms with Crippen LogP contribution in [0.4, 0.5) is 0 Å². The van der Waals surface area contributed by atoms with Crippen LogP contribution in [0.25, 0.3) is 5.65 Å². The topological polar surface area (TPSA) is 79.1 Å². The Balaban J connectivity index is 1.34. The molecule has 7 nitrogen and oxygen atoms in total. The number of aryl methyl sites for hydroxylation is 1. The third kappa shape index (κ3) is 5.24. The Hall–Kier alpha value is -2.90. The van der Waals surface area contributed by atoms with Crippen LogP contribution in [0.3, 0.4) is 0 Å². The van der Waals surface area contributed by atoms with Gasteiger partial charge in [0, 0.05) is 25.5 Å². The van der Waals surface area contributed by atoms with Gasteiger partial charge in [0.15, 0.2) is 0 Å². The van der Waals surface area contributed by atoms with Gasteiger partial charge >= 0.3 is 0 Å². The fourth-order valence-corrected chi connectivity index (χ4v) is 4.09. The standard InChI is InChI=1S/C24H30N4O3/c1-18-5-4-10-28-16-20(26-23(18)28)17-31-22-7-3-2-6-21(22)24(30)25-15-19-8-11-27(12-9-19)13-14-29/h2-7,10,16,19,29H,8-9,11-15,17H2,1H3,(H,25,30). The van der Waals surface area contributed by atoms with E-state index in [1.165, 1.54) is 0 Å². The van der Waals surface area contributed by atoms with Crippen molar-refractivity contribution in [3.8, 4) is 5.75 Å². The van der Waals surface area contributed by atoms with Gasteiger partial charge in [0.05, 0.1) is 17.9 Å². The lowest BCUT2D eigenvalue weighted by atomic mass is 9.96. The number of nitrogens with one attached hydrogen (secondary N) is 1. The molecule has 1 amide bonds. The molecule has 164 valence electrons. The zero-order valence-electron chi connectivity index (χ0n) is 18.0. The molecule has 4 rings (SSSR count). The van der Waals surface area contributed by atoms with Crippen LogP contribution in [0.2, 0.25) is 0 Å². The summed E-state index contributed by atoms with van der Waals surface area (Å²) in [5.41, 5.74) is 3.38. The van der Waals surface area contributed by atoms with Crippen molar-refractivity contribution >= 4 is 11.6 Å². The summed E-state index contributed by atoms with van der Waals surface area (Å²) >= 11 is 0. The molecule has 0 spiro atoms. The minimum absolute atomic E-state index is 0.112. The Morgan fingerprint density at radius 3 is 2.81 bits per heavy atom. The number of aliphatic hydroxyl groups excluding tert-OH is 1. The SMILES string of the molecule is Cc1cccn2cc(COc3ccccc3C(=O)NCC3CCN(CCO)CC3)nc12. The summed E-state index contributed by atoms with van der Waals surface area (Å²) in [6.07, 6.45) is 5.99. The monoisotopic (exact) mass is 422 g/mol. The Morgan fingerprint density at radius 1 is 1.23 bits per heavy atom. The Morgan fingerprint density at radius 2 is 2.03 bits per heavy atom. The number of fused-ring (bicyclic) bond motifs is 1. The van der Waals surface area contributed by atoms with Gasteiger partial charge in [0.1, 0.15) is 18.0 Å². The summed E-state index contributed by atoms with van der Waals surface area (Å²) in [7, 11) is 0. The molecule has 2 aromatic heterocycles. The molecular weight excluding hydrogens is 392 g/mol. The summed E-state index contributed by atoms with van der Waals surface area (Å²) < 4.78 is 7.96. The molecule has 0 unspecified atom stereocenters. The molecule has 7 heteroatoms. The van der Waals surface area contributed by atoms with Gasteiger partial charge in [0.25, 0.3) is 5.91 Å². The molecule has 2 N–H and O–H groups in total. The molecule has 0 bridgehead atoms. The van der Waals surface area contributed by atoms with E-state index in [1.54, 1.807) is 6.07 Å². The molecule has 1 saturated heterocycles. The van der Waals surface area contributed by atoms with Gasteiger partial charge in [-0.25, -0.2) is 4.98 Å². The van der Waals surface area contributed by atoms with Gasteiger partial charge in [-0.15, -0.1) is 0 Å². The first kappa shape index (κ1) is 21.3. The molecular formula is C24H30N4O3. The molecule has 0 aliphatic carbocycles. The highest BCUT2D eigenvalue weighted by molar-refractivity contribution is 5.96. The number of β-amino-alcohol motifs (C(OH)–C–C–N with tert-alkyl or cyclic N) is 1. The minimum Gasteiger partial charge on any atom is -0.486 e. The zero-order valence-corrected chi connectivity index (χ0v) is 18.0. The van der Waals surface area contributed by atoms with Crippen LogP contribution in [0.15, 0.2) is 48.8 Å². The maximum atomic E-state index is 12.8. The van der Waals surface area contributed by atoms with E-state index >= 15 is 0 Å². The van der Waals surface area contributed by atoms with Crippen molar-refractivity contribution in [1.29, 1.82) is 0 Å². The number of ether oxygens (including phenoxy) is 1. The number of aliphatic hydroxyl groups is 1. The number of aromatic nitrogens is 2. The first-order chi connectivity index (χ1) is 15.1. The van der Waals surface area contributed by atoms with Crippen LogP contribution in [0, 0.1) is 12.8 Å². The highest BCUT2D eigenvalue weighted by atomic mass is 16.5. The predicted molar refractivity (Wildman–Crippen MR) is 119 cm³/mol. The van der Waals surface area contributed by atoms with E-state index in [9.17, 15) is 4.79 Å². The number of amides is 1. The highest BCUT2D eigenvalue weighted by Gasteiger charge is 2.20. The van der Waals surface area contributed by atoms with Crippen LogP contribution in [0.1, 0.15) is 34.5 Å². The predicted octanol–water partition coefficient (Wildman–Crippen LogP) is 2.66. The van der Waals surface area contributed by atoms with Gasteiger partial charge in [-0.05, 0) is 62.5 Å².